The average Bonchev–Trinajstić information content (AvgIpc) is 2.73. The number of unbranched alkanes of at least 4 members (excludes halogenated alkanes) is 6. The second-order valence-corrected chi connectivity index (χ2v) is 7.51. The van der Waals surface area contributed by atoms with Crippen molar-refractivity contribution in [2.24, 2.45) is 0 Å². The van der Waals surface area contributed by atoms with Crippen molar-refractivity contribution in [3.8, 4) is 0 Å². The maximum Gasteiger partial charge on any atom is 0.338 e. The fourth-order valence-corrected chi connectivity index (χ4v) is 3.38. The van der Waals surface area contributed by atoms with Crippen molar-refractivity contribution in [2.45, 2.75) is 70.8 Å². The van der Waals surface area contributed by atoms with Crippen molar-refractivity contribution in [1.29, 1.82) is 0 Å². The van der Waals surface area contributed by atoms with Crippen LogP contribution in [0.4, 0.5) is 0 Å². The van der Waals surface area contributed by atoms with E-state index in [-0.39, 0.29) is 11.7 Å². The third-order valence-corrected chi connectivity index (χ3v) is 5.08. The van der Waals surface area contributed by atoms with E-state index in [1.54, 1.807) is 0 Å². The monoisotopic (exact) mass is 396 g/mol. The van der Waals surface area contributed by atoms with E-state index >= 15 is 0 Å². The van der Waals surface area contributed by atoms with Crippen LogP contribution in [0.1, 0.15) is 84.6 Å². The molecule has 1 unspecified atom stereocenters. The number of ether oxygens (including phenoxy) is 1. The van der Waals surface area contributed by atoms with Crippen LogP contribution in [0, 0.1) is 0 Å². The van der Waals surface area contributed by atoms with Gasteiger partial charge >= 0.3 is 11.9 Å². The fraction of sp³-hybridized carbons (Fsp3) is 0.440. The van der Waals surface area contributed by atoms with Gasteiger partial charge in [-0.05, 0) is 42.7 Å². The summed E-state index contributed by atoms with van der Waals surface area (Å²) in [7, 11) is 0. The van der Waals surface area contributed by atoms with Gasteiger partial charge in [0.05, 0.1) is 11.1 Å². The van der Waals surface area contributed by atoms with Crippen molar-refractivity contribution < 1.29 is 19.4 Å². The minimum absolute atomic E-state index is 0.158. The number of carbonyl (C=O) groups excluding carboxylic acids is 1. The van der Waals surface area contributed by atoms with E-state index in [0.717, 1.165) is 24.8 Å². The molecule has 4 heteroatoms. The Morgan fingerprint density at radius 3 is 2.03 bits per heavy atom. The molecule has 0 radical (unpaired) electrons. The molecule has 0 heterocycles. The molecule has 0 saturated carbocycles. The number of benzene rings is 2. The van der Waals surface area contributed by atoms with Gasteiger partial charge in [-0.1, -0.05) is 75.8 Å². The molecule has 2 rings (SSSR count). The molecule has 0 aromatic heterocycles. The molecule has 2 aromatic rings. The smallest absolute Gasteiger partial charge is 0.338 e. The van der Waals surface area contributed by atoms with Crippen LogP contribution in [0.3, 0.4) is 0 Å². The van der Waals surface area contributed by atoms with Crippen molar-refractivity contribution in [3.05, 3.63) is 71.3 Å². The molecule has 0 spiro atoms. The summed E-state index contributed by atoms with van der Waals surface area (Å²) in [6.45, 7) is 2.22. The number of carboxylic acids is 1. The van der Waals surface area contributed by atoms with Crippen molar-refractivity contribution >= 4 is 11.9 Å². The molecule has 2 aromatic carbocycles. The Balaban J connectivity index is 1.91. The number of carboxylic acid groups (broad SMARTS) is 1. The highest BCUT2D eigenvalue weighted by atomic mass is 16.5. The first-order chi connectivity index (χ1) is 14.1. The number of hydrogen-bond acceptors (Lipinski definition) is 3. The van der Waals surface area contributed by atoms with Crippen LogP contribution < -0.4 is 0 Å². The molecule has 0 amide bonds. The summed E-state index contributed by atoms with van der Waals surface area (Å²) in [6.07, 6.45) is 9.88. The van der Waals surface area contributed by atoms with Gasteiger partial charge in [-0.2, -0.15) is 0 Å². The summed E-state index contributed by atoms with van der Waals surface area (Å²) in [6, 6.07) is 15.9. The number of hydrogen-bond donors (Lipinski definition) is 1. The molecule has 0 saturated heterocycles. The lowest BCUT2D eigenvalue weighted by molar-refractivity contribution is 0.0276. The molecule has 0 fully saturated rings. The summed E-state index contributed by atoms with van der Waals surface area (Å²) < 4.78 is 5.80. The molecule has 4 nitrogen and oxygen atoms in total. The van der Waals surface area contributed by atoms with E-state index in [1.165, 1.54) is 56.4 Å². The number of esters is 1. The van der Waals surface area contributed by atoms with E-state index < -0.39 is 11.9 Å². The molecule has 1 atom stereocenters. The van der Waals surface area contributed by atoms with Crippen LogP contribution >= 0.6 is 0 Å². The van der Waals surface area contributed by atoms with Gasteiger partial charge in [0.25, 0.3) is 0 Å². The lowest BCUT2D eigenvalue weighted by Gasteiger charge is -2.18. The third kappa shape index (κ3) is 8.51. The zero-order chi connectivity index (χ0) is 20.9. The van der Waals surface area contributed by atoms with Gasteiger partial charge in [0, 0.05) is 6.42 Å². The molecule has 0 aliphatic heterocycles. The van der Waals surface area contributed by atoms with Gasteiger partial charge < -0.3 is 9.84 Å². The standard InChI is InChI=1S/C25H32O4/c1-2-3-4-5-6-7-11-14-23(19-20-12-9-8-10-13-20)29-25(28)22-17-15-21(16-18-22)24(26)27/h8-10,12-13,15-18,23H,2-7,11,14,19H2,1H3,(H,26,27). The summed E-state index contributed by atoms with van der Waals surface area (Å²) >= 11 is 0. The number of rotatable bonds is 13. The minimum atomic E-state index is -1.01. The lowest BCUT2D eigenvalue weighted by atomic mass is 10.0. The van der Waals surface area contributed by atoms with E-state index in [4.69, 9.17) is 9.84 Å². The molecule has 156 valence electrons. The van der Waals surface area contributed by atoms with Crippen LogP contribution in [0.25, 0.3) is 0 Å². The predicted octanol–water partition coefficient (Wildman–Crippen LogP) is 6.29. The second-order valence-electron chi connectivity index (χ2n) is 7.51. The van der Waals surface area contributed by atoms with Crippen LogP contribution in [0.5, 0.6) is 0 Å². The maximum atomic E-state index is 12.6. The Kier molecular flexibility index (Phi) is 9.98. The lowest BCUT2D eigenvalue weighted by Crippen LogP contribution is -2.21. The topological polar surface area (TPSA) is 63.6 Å². The van der Waals surface area contributed by atoms with Gasteiger partial charge in [0.15, 0.2) is 0 Å². The largest absolute Gasteiger partial charge is 0.478 e. The zero-order valence-electron chi connectivity index (χ0n) is 17.3. The van der Waals surface area contributed by atoms with Crippen molar-refractivity contribution in [2.75, 3.05) is 0 Å². The fourth-order valence-electron chi connectivity index (χ4n) is 3.38. The van der Waals surface area contributed by atoms with Gasteiger partial charge in [0.2, 0.25) is 0 Å². The first-order valence-corrected chi connectivity index (χ1v) is 10.7. The summed E-state index contributed by atoms with van der Waals surface area (Å²) in [5.74, 6) is -1.41. The Labute approximate surface area is 173 Å². The third-order valence-electron chi connectivity index (χ3n) is 5.08. The van der Waals surface area contributed by atoms with Gasteiger partial charge in [-0.3, -0.25) is 0 Å². The highest BCUT2D eigenvalue weighted by molar-refractivity contribution is 5.92. The van der Waals surface area contributed by atoms with Gasteiger partial charge in [-0.15, -0.1) is 0 Å². The van der Waals surface area contributed by atoms with E-state index in [9.17, 15) is 9.59 Å². The average molecular weight is 397 g/mol. The summed E-state index contributed by atoms with van der Waals surface area (Å²) in [4.78, 5) is 23.5. The summed E-state index contributed by atoms with van der Waals surface area (Å²) in [5, 5.41) is 9.00. The molecular weight excluding hydrogens is 364 g/mol. The van der Waals surface area contributed by atoms with Crippen LogP contribution in [0.2, 0.25) is 0 Å². The number of aromatic carboxylic acids is 1. The van der Waals surface area contributed by atoms with Crippen molar-refractivity contribution in [1.82, 2.24) is 0 Å². The molecule has 29 heavy (non-hydrogen) atoms. The molecule has 0 bridgehead atoms. The Bertz CT molecular complexity index is 737. The van der Waals surface area contributed by atoms with Crippen LogP contribution in [-0.2, 0) is 11.2 Å². The van der Waals surface area contributed by atoms with Crippen LogP contribution in [0.15, 0.2) is 54.6 Å². The van der Waals surface area contributed by atoms with Gasteiger partial charge in [-0.25, -0.2) is 9.59 Å². The highest BCUT2D eigenvalue weighted by Crippen LogP contribution is 2.17. The summed E-state index contributed by atoms with van der Waals surface area (Å²) in [5.41, 5.74) is 1.69. The predicted molar refractivity (Wildman–Crippen MR) is 115 cm³/mol. The SMILES string of the molecule is CCCCCCCCCC(Cc1ccccc1)OC(=O)c1ccc(C(=O)O)cc1. The first-order valence-electron chi connectivity index (χ1n) is 10.7. The Morgan fingerprint density at radius 1 is 0.828 bits per heavy atom. The molecular formula is C25H32O4. The second kappa shape index (κ2) is 12.8. The van der Waals surface area contributed by atoms with E-state index in [1.807, 2.05) is 30.3 Å². The van der Waals surface area contributed by atoms with E-state index in [0.29, 0.717) is 12.0 Å². The van der Waals surface area contributed by atoms with Crippen LogP contribution in [-0.4, -0.2) is 23.1 Å². The highest BCUT2D eigenvalue weighted by Gasteiger charge is 2.17. The molecule has 0 aliphatic rings. The molecule has 0 aliphatic carbocycles. The van der Waals surface area contributed by atoms with Gasteiger partial charge in [0.1, 0.15) is 6.10 Å². The first kappa shape index (κ1) is 22.7. The quantitative estimate of drug-likeness (QED) is 0.319. The normalized spacial score (nSPS) is 11.8. The minimum Gasteiger partial charge on any atom is -0.478 e. The Hall–Kier alpha value is -2.62. The maximum absolute atomic E-state index is 12.6. The number of carbonyl (C=O) groups is 2. The van der Waals surface area contributed by atoms with Crippen molar-refractivity contribution in [3.63, 3.8) is 0 Å². The molecule has 1 N–H and O–H groups in total. The van der Waals surface area contributed by atoms with E-state index in [2.05, 4.69) is 6.92 Å². The Morgan fingerprint density at radius 2 is 1.41 bits per heavy atom. The zero-order valence-corrected chi connectivity index (χ0v) is 17.3.